The molecule has 1 spiro atoms. The van der Waals surface area contributed by atoms with Crippen LogP contribution >= 0.6 is 0 Å². The molecule has 0 saturated carbocycles. The van der Waals surface area contributed by atoms with Crippen molar-refractivity contribution >= 4 is 44.9 Å². The van der Waals surface area contributed by atoms with E-state index in [0.717, 1.165) is 39.7 Å². The van der Waals surface area contributed by atoms with Crippen molar-refractivity contribution in [1.29, 1.82) is 0 Å². The molecule has 0 aliphatic heterocycles. The molecule has 73 heavy (non-hydrogen) atoms. The Morgan fingerprint density at radius 3 is 1.19 bits per heavy atom. The van der Waals surface area contributed by atoms with Crippen LogP contribution in [-0.4, -0.2) is 0 Å². The van der Waals surface area contributed by atoms with Crippen LogP contribution < -0.4 is 9.80 Å². The first-order valence-electron chi connectivity index (χ1n) is 25.2. The van der Waals surface area contributed by atoms with E-state index in [1.54, 1.807) is 0 Å². The summed E-state index contributed by atoms with van der Waals surface area (Å²) >= 11 is 0. The molecule has 0 saturated heterocycles. The minimum atomic E-state index is -0.611. The van der Waals surface area contributed by atoms with E-state index in [1.165, 1.54) is 83.1 Å². The lowest BCUT2D eigenvalue weighted by Crippen LogP contribution is -2.26. The van der Waals surface area contributed by atoms with Gasteiger partial charge >= 0.3 is 0 Å². The van der Waals surface area contributed by atoms with E-state index >= 15 is 0 Å². The molecule has 0 N–H and O–H groups in total. The second-order valence-corrected chi connectivity index (χ2v) is 19.2. The molecule has 0 bridgehead atoms. The molecule has 12 aromatic carbocycles. The minimum Gasteiger partial charge on any atom is -0.310 e. The third-order valence-corrected chi connectivity index (χ3v) is 15.2. The molecule has 2 aliphatic carbocycles. The highest BCUT2D eigenvalue weighted by atomic mass is 15.1. The van der Waals surface area contributed by atoms with Gasteiger partial charge in [0.2, 0.25) is 0 Å². The van der Waals surface area contributed by atoms with E-state index in [9.17, 15) is 0 Å². The Hall–Kier alpha value is -9.50. The predicted molar refractivity (Wildman–Crippen MR) is 306 cm³/mol. The van der Waals surface area contributed by atoms with Crippen molar-refractivity contribution in [2.75, 3.05) is 9.80 Å². The number of benzene rings is 12. The Morgan fingerprint density at radius 1 is 0.205 bits per heavy atom. The smallest absolute Gasteiger partial charge is 0.0727 e. The van der Waals surface area contributed by atoms with Gasteiger partial charge in [-0.05, 0) is 156 Å². The zero-order chi connectivity index (χ0) is 48.3. The van der Waals surface area contributed by atoms with Crippen molar-refractivity contribution in [2.24, 2.45) is 0 Å². The van der Waals surface area contributed by atoms with Crippen LogP contribution in [0.3, 0.4) is 0 Å². The van der Waals surface area contributed by atoms with Gasteiger partial charge in [-0.25, -0.2) is 0 Å². The van der Waals surface area contributed by atoms with E-state index in [2.05, 4.69) is 301 Å². The van der Waals surface area contributed by atoms with Gasteiger partial charge in [-0.2, -0.15) is 0 Å². The van der Waals surface area contributed by atoms with E-state index in [4.69, 9.17) is 0 Å². The third-order valence-electron chi connectivity index (χ3n) is 15.2. The normalized spacial score (nSPS) is 13.8. The fraction of sp³-hybridized carbons (Fsp3) is 0.0141. The van der Waals surface area contributed by atoms with E-state index in [-0.39, 0.29) is 0 Å². The second kappa shape index (κ2) is 17.4. The van der Waals surface area contributed by atoms with Gasteiger partial charge in [-0.15, -0.1) is 0 Å². The van der Waals surface area contributed by atoms with Crippen LogP contribution in [0.25, 0.3) is 66.4 Å². The van der Waals surface area contributed by atoms with Gasteiger partial charge in [0, 0.05) is 34.0 Å². The fourth-order valence-electron chi connectivity index (χ4n) is 12.0. The first-order chi connectivity index (χ1) is 36.2. The molecule has 342 valence electrons. The molecule has 0 amide bonds. The molecular weight excluding hydrogens is 881 g/mol. The standard InChI is InChI=1S/C71H48N2/c1-5-20-49(21-6-1)51-36-38-52(39-37-51)65-45-54-24-13-14-25-55(54)46-70(65)73(57-29-11-4-12-30-57)60-41-43-64-62-33-16-18-35-67(62)71(69(64)48-60)66-34-17-15-32-61(66)63-42-40-59(47-68(63)71)72(56-27-9-3-10-28-56)58-31-19-26-53(44-58)50-22-7-2-8-23-50/h1-48H. The molecule has 2 aliphatic rings. The van der Waals surface area contributed by atoms with Gasteiger partial charge in [0.1, 0.15) is 0 Å². The summed E-state index contributed by atoms with van der Waals surface area (Å²) in [6.07, 6.45) is 0. The molecule has 1 atom stereocenters. The number of rotatable bonds is 9. The van der Waals surface area contributed by atoms with Gasteiger partial charge < -0.3 is 9.80 Å². The van der Waals surface area contributed by atoms with Crippen molar-refractivity contribution in [3.8, 4) is 55.6 Å². The average molecular weight is 929 g/mol. The first-order valence-corrected chi connectivity index (χ1v) is 25.2. The van der Waals surface area contributed by atoms with Crippen molar-refractivity contribution in [3.63, 3.8) is 0 Å². The fourth-order valence-corrected chi connectivity index (χ4v) is 12.0. The Morgan fingerprint density at radius 2 is 0.603 bits per heavy atom. The van der Waals surface area contributed by atoms with Crippen LogP contribution in [0, 0.1) is 0 Å². The van der Waals surface area contributed by atoms with Crippen molar-refractivity contribution < 1.29 is 0 Å². The lowest BCUT2D eigenvalue weighted by Gasteiger charge is -2.34. The van der Waals surface area contributed by atoms with E-state index < -0.39 is 5.41 Å². The quantitative estimate of drug-likeness (QED) is 0.142. The van der Waals surface area contributed by atoms with E-state index in [1.807, 2.05) is 0 Å². The third kappa shape index (κ3) is 6.94. The topological polar surface area (TPSA) is 6.48 Å². The summed E-state index contributed by atoms with van der Waals surface area (Å²) in [7, 11) is 0. The van der Waals surface area contributed by atoms with Crippen LogP contribution in [0.4, 0.5) is 34.1 Å². The molecule has 0 radical (unpaired) electrons. The molecule has 0 fully saturated rings. The monoisotopic (exact) mass is 928 g/mol. The van der Waals surface area contributed by atoms with Gasteiger partial charge in [0.15, 0.2) is 0 Å². The zero-order valence-corrected chi connectivity index (χ0v) is 40.1. The molecule has 2 heteroatoms. The molecule has 0 heterocycles. The van der Waals surface area contributed by atoms with E-state index in [0.29, 0.717) is 0 Å². The lowest BCUT2D eigenvalue weighted by molar-refractivity contribution is 0.793. The van der Waals surface area contributed by atoms with Crippen LogP contribution in [0.5, 0.6) is 0 Å². The van der Waals surface area contributed by atoms with Crippen LogP contribution in [0.1, 0.15) is 22.3 Å². The molecule has 0 aromatic heterocycles. The number of nitrogens with zero attached hydrogens (tertiary/aromatic N) is 2. The van der Waals surface area contributed by atoms with Gasteiger partial charge in [0.25, 0.3) is 0 Å². The molecule has 12 aromatic rings. The Bertz CT molecular complexity index is 4000. The van der Waals surface area contributed by atoms with Crippen molar-refractivity contribution in [1.82, 2.24) is 0 Å². The predicted octanol–water partition coefficient (Wildman–Crippen LogP) is 19.1. The van der Waals surface area contributed by atoms with Gasteiger partial charge in [-0.1, -0.05) is 218 Å². The molecule has 2 nitrogen and oxygen atoms in total. The summed E-state index contributed by atoms with van der Waals surface area (Å²) in [5, 5.41) is 2.40. The highest BCUT2D eigenvalue weighted by molar-refractivity contribution is 6.01. The number of hydrogen-bond donors (Lipinski definition) is 0. The molecule has 14 rings (SSSR count). The number of fused-ring (bicyclic) bond motifs is 11. The summed E-state index contributed by atoms with van der Waals surface area (Å²) in [6, 6.07) is 107. The Kier molecular flexibility index (Phi) is 10.1. The van der Waals surface area contributed by atoms with Gasteiger partial charge in [-0.3, -0.25) is 0 Å². The summed E-state index contributed by atoms with van der Waals surface area (Å²) in [5.41, 5.74) is 23.3. The number of hydrogen-bond acceptors (Lipinski definition) is 2. The average Bonchev–Trinajstić information content (AvgIpc) is 3.93. The maximum absolute atomic E-state index is 2.51. The minimum absolute atomic E-state index is 0.611. The van der Waals surface area contributed by atoms with Crippen molar-refractivity contribution in [3.05, 3.63) is 313 Å². The molecule has 1 unspecified atom stereocenters. The van der Waals surface area contributed by atoms with Gasteiger partial charge in [0.05, 0.1) is 11.1 Å². The van der Waals surface area contributed by atoms with Crippen LogP contribution in [-0.2, 0) is 5.41 Å². The Balaban J connectivity index is 0.994. The maximum Gasteiger partial charge on any atom is 0.0727 e. The highest BCUT2D eigenvalue weighted by Crippen LogP contribution is 2.64. The number of para-hydroxylation sites is 2. The summed E-state index contributed by atoms with van der Waals surface area (Å²) in [5.74, 6) is 0. The zero-order valence-electron chi connectivity index (χ0n) is 40.1. The Labute approximate surface area is 427 Å². The highest BCUT2D eigenvalue weighted by Gasteiger charge is 2.52. The maximum atomic E-state index is 2.51. The van der Waals surface area contributed by atoms with Crippen LogP contribution in [0.2, 0.25) is 0 Å². The lowest BCUT2D eigenvalue weighted by atomic mass is 9.70. The second-order valence-electron chi connectivity index (χ2n) is 19.2. The largest absolute Gasteiger partial charge is 0.310 e. The molecular formula is C71H48N2. The number of anilines is 6. The van der Waals surface area contributed by atoms with Crippen molar-refractivity contribution in [2.45, 2.75) is 5.41 Å². The summed E-state index contributed by atoms with van der Waals surface area (Å²) in [6.45, 7) is 0. The summed E-state index contributed by atoms with van der Waals surface area (Å²) < 4.78 is 0. The SMILES string of the molecule is c1ccc(-c2ccc(-c3cc4ccccc4cc3N(c3ccccc3)c3ccc4c(c3)C3(c5ccccc5-c5ccc(N(c6ccccc6)c6cccc(-c7ccccc7)c6)cc53)c3ccccc3-4)cc2)cc1. The summed E-state index contributed by atoms with van der Waals surface area (Å²) in [4.78, 5) is 4.91. The van der Waals surface area contributed by atoms with Crippen LogP contribution in [0.15, 0.2) is 291 Å². The first kappa shape index (κ1) is 42.4.